The average molecular weight is 294 g/mol. The van der Waals surface area contributed by atoms with E-state index in [1.165, 1.54) is 30.3 Å². The van der Waals surface area contributed by atoms with Crippen molar-refractivity contribution in [1.82, 2.24) is 0 Å². The molecule has 0 fully saturated rings. The van der Waals surface area contributed by atoms with Crippen molar-refractivity contribution in [2.45, 2.75) is 6.10 Å². The number of aliphatic hydroxyl groups excluding tert-OH is 1. The molecule has 0 aromatic heterocycles. The molecule has 5 nitrogen and oxygen atoms in total. The first kappa shape index (κ1) is 14.9. The highest BCUT2D eigenvalue weighted by Crippen LogP contribution is 2.21. The predicted molar refractivity (Wildman–Crippen MR) is 72.9 cm³/mol. The molecule has 0 aliphatic rings. The van der Waals surface area contributed by atoms with E-state index in [0.29, 0.717) is 5.56 Å². The second-order valence-corrected chi connectivity index (χ2v) is 4.34. The fraction of sp³-hybridized carbons (Fsp3) is 0.143. The lowest BCUT2D eigenvalue weighted by atomic mass is 10.1. The Morgan fingerprint density at radius 3 is 2.24 bits per heavy atom. The number of nitrogens with zero attached hydrogens (tertiary/aromatic N) is 1. The van der Waals surface area contributed by atoms with E-state index in [9.17, 15) is 24.0 Å². The van der Waals surface area contributed by atoms with Crippen LogP contribution in [0.15, 0.2) is 42.5 Å². The summed E-state index contributed by atoms with van der Waals surface area (Å²) >= 11 is 0. The minimum absolute atomic E-state index is 0.0981. The third-order valence-corrected chi connectivity index (χ3v) is 2.92. The smallest absolute Gasteiger partial charge is 0.269 e. The van der Waals surface area contributed by atoms with Crippen LogP contribution in [0.5, 0.6) is 0 Å². The van der Waals surface area contributed by atoms with Crippen molar-refractivity contribution in [3.8, 4) is 0 Å². The minimum Gasteiger partial charge on any atom is -0.387 e. The Bertz CT molecular complexity index is 627. The standard InChI is InChI=1S/C14H12F2N2O3/c15-11-2-1-3-12(16)14(11)17-8-13(19)9-4-6-10(7-5-9)18(20)21/h1-7,13,17,19H,8H2. The maximum Gasteiger partial charge on any atom is 0.269 e. The summed E-state index contributed by atoms with van der Waals surface area (Å²) in [5.41, 5.74) is -0.0117. The third kappa shape index (κ3) is 3.51. The molecule has 0 saturated heterocycles. The van der Waals surface area contributed by atoms with E-state index in [0.717, 1.165) is 12.1 Å². The monoisotopic (exact) mass is 294 g/mol. The van der Waals surface area contributed by atoms with E-state index < -0.39 is 22.7 Å². The summed E-state index contributed by atoms with van der Waals surface area (Å²) in [6.45, 7) is -0.129. The summed E-state index contributed by atoms with van der Waals surface area (Å²) in [5.74, 6) is -1.52. The number of non-ortho nitro benzene ring substituents is 1. The highest BCUT2D eigenvalue weighted by atomic mass is 19.1. The molecule has 2 rings (SSSR count). The lowest BCUT2D eigenvalue weighted by Gasteiger charge is -2.14. The molecule has 110 valence electrons. The van der Waals surface area contributed by atoms with Crippen LogP contribution in [0.1, 0.15) is 11.7 Å². The zero-order chi connectivity index (χ0) is 15.4. The van der Waals surface area contributed by atoms with E-state index in [2.05, 4.69) is 5.32 Å². The fourth-order valence-corrected chi connectivity index (χ4v) is 1.80. The predicted octanol–water partition coefficient (Wildman–Crippen LogP) is 3.02. The van der Waals surface area contributed by atoms with Crippen LogP contribution >= 0.6 is 0 Å². The number of para-hydroxylation sites is 1. The van der Waals surface area contributed by atoms with Crippen molar-refractivity contribution in [1.29, 1.82) is 0 Å². The van der Waals surface area contributed by atoms with Crippen molar-refractivity contribution in [2.24, 2.45) is 0 Å². The SMILES string of the molecule is O=[N+]([O-])c1ccc(C(O)CNc2c(F)cccc2F)cc1. The first-order valence-electron chi connectivity index (χ1n) is 6.09. The summed E-state index contributed by atoms with van der Waals surface area (Å²) in [4.78, 5) is 9.96. The van der Waals surface area contributed by atoms with Crippen LogP contribution in [0.4, 0.5) is 20.2 Å². The number of nitro groups is 1. The fourth-order valence-electron chi connectivity index (χ4n) is 1.80. The summed E-state index contributed by atoms with van der Waals surface area (Å²) < 4.78 is 26.8. The highest BCUT2D eigenvalue weighted by molar-refractivity contribution is 5.46. The number of nitrogens with one attached hydrogen (secondary N) is 1. The molecule has 2 N–H and O–H groups in total. The Hall–Kier alpha value is -2.54. The number of rotatable bonds is 5. The van der Waals surface area contributed by atoms with Crippen LogP contribution in [0.3, 0.4) is 0 Å². The van der Waals surface area contributed by atoms with Gasteiger partial charge < -0.3 is 10.4 Å². The van der Waals surface area contributed by atoms with Gasteiger partial charge in [-0.1, -0.05) is 6.07 Å². The summed E-state index contributed by atoms with van der Waals surface area (Å²) in [7, 11) is 0. The molecule has 1 atom stereocenters. The van der Waals surface area contributed by atoms with Crippen LogP contribution in [-0.2, 0) is 0 Å². The average Bonchev–Trinajstić information content (AvgIpc) is 2.46. The molecule has 7 heteroatoms. The molecule has 0 radical (unpaired) electrons. The molecule has 0 aliphatic heterocycles. The molecule has 0 bridgehead atoms. The van der Waals surface area contributed by atoms with Gasteiger partial charge in [-0.15, -0.1) is 0 Å². The van der Waals surface area contributed by atoms with Gasteiger partial charge in [0.2, 0.25) is 0 Å². The number of nitro benzene ring substituents is 1. The molecule has 1 unspecified atom stereocenters. The number of aliphatic hydroxyl groups is 1. The molecular formula is C14H12F2N2O3. The summed E-state index contributed by atoms with van der Waals surface area (Å²) in [6.07, 6.45) is -1.05. The molecule has 0 saturated carbocycles. The minimum atomic E-state index is -1.05. The Labute approximate surface area is 119 Å². The topological polar surface area (TPSA) is 75.4 Å². The zero-order valence-electron chi connectivity index (χ0n) is 10.8. The molecule has 0 aliphatic carbocycles. The van der Waals surface area contributed by atoms with E-state index in [1.807, 2.05) is 0 Å². The first-order valence-corrected chi connectivity index (χ1v) is 6.09. The molecule has 21 heavy (non-hydrogen) atoms. The zero-order valence-corrected chi connectivity index (χ0v) is 10.8. The van der Waals surface area contributed by atoms with Crippen molar-refractivity contribution in [3.05, 3.63) is 69.8 Å². The lowest BCUT2D eigenvalue weighted by molar-refractivity contribution is -0.384. The van der Waals surface area contributed by atoms with Crippen molar-refractivity contribution < 1.29 is 18.8 Å². The van der Waals surface area contributed by atoms with Crippen molar-refractivity contribution in [3.63, 3.8) is 0 Å². The van der Waals surface area contributed by atoms with E-state index >= 15 is 0 Å². The van der Waals surface area contributed by atoms with Gasteiger partial charge in [0.1, 0.15) is 17.3 Å². The quantitative estimate of drug-likeness (QED) is 0.656. The molecule has 0 heterocycles. The Morgan fingerprint density at radius 1 is 1.14 bits per heavy atom. The van der Waals surface area contributed by atoms with Crippen LogP contribution < -0.4 is 5.32 Å². The second-order valence-electron chi connectivity index (χ2n) is 4.34. The van der Waals surface area contributed by atoms with E-state index in [1.54, 1.807) is 0 Å². The van der Waals surface area contributed by atoms with Gasteiger partial charge in [0.15, 0.2) is 0 Å². The Kier molecular flexibility index (Phi) is 4.44. The maximum absolute atomic E-state index is 13.4. The van der Waals surface area contributed by atoms with Gasteiger partial charge >= 0.3 is 0 Å². The van der Waals surface area contributed by atoms with Gasteiger partial charge in [-0.3, -0.25) is 10.1 Å². The Morgan fingerprint density at radius 2 is 1.71 bits per heavy atom. The van der Waals surface area contributed by atoms with Gasteiger partial charge in [-0.25, -0.2) is 8.78 Å². The number of halogens is 2. The maximum atomic E-state index is 13.4. The van der Waals surface area contributed by atoms with Crippen LogP contribution in [-0.4, -0.2) is 16.6 Å². The third-order valence-electron chi connectivity index (χ3n) is 2.92. The molecule has 0 amide bonds. The van der Waals surface area contributed by atoms with Crippen molar-refractivity contribution >= 4 is 11.4 Å². The van der Waals surface area contributed by atoms with Gasteiger partial charge in [0.25, 0.3) is 5.69 Å². The first-order chi connectivity index (χ1) is 9.99. The molecule has 2 aromatic rings. The van der Waals surface area contributed by atoms with E-state index in [-0.39, 0.29) is 17.9 Å². The lowest BCUT2D eigenvalue weighted by Crippen LogP contribution is -2.14. The molecule has 0 spiro atoms. The number of hydrogen-bond donors (Lipinski definition) is 2. The number of benzene rings is 2. The summed E-state index contributed by atoms with van der Waals surface area (Å²) in [5, 5.41) is 22.9. The largest absolute Gasteiger partial charge is 0.387 e. The van der Waals surface area contributed by atoms with Crippen LogP contribution in [0.25, 0.3) is 0 Å². The Balaban J connectivity index is 2.04. The van der Waals surface area contributed by atoms with Gasteiger partial charge in [-0.05, 0) is 29.8 Å². The molecule has 2 aromatic carbocycles. The van der Waals surface area contributed by atoms with Gasteiger partial charge in [-0.2, -0.15) is 0 Å². The molecular weight excluding hydrogens is 282 g/mol. The van der Waals surface area contributed by atoms with Crippen molar-refractivity contribution in [2.75, 3.05) is 11.9 Å². The van der Waals surface area contributed by atoms with Gasteiger partial charge in [0.05, 0.1) is 11.0 Å². The van der Waals surface area contributed by atoms with Gasteiger partial charge in [0, 0.05) is 18.7 Å². The number of anilines is 1. The highest BCUT2D eigenvalue weighted by Gasteiger charge is 2.13. The van der Waals surface area contributed by atoms with Crippen LogP contribution in [0, 0.1) is 21.7 Å². The summed E-state index contributed by atoms with van der Waals surface area (Å²) in [6, 6.07) is 8.73. The number of hydrogen-bond acceptors (Lipinski definition) is 4. The second kappa shape index (κ2) is 6.27. The van der Waals surface area contributed by atoms with Crippen LogP contribution in [0.2, 0.25) is 0 Å². The normalized spacial score (nSPS) is 12.0. The van der Waals surface area contributed by atoms with E-state index in [4.69, 9.17) is 0 Å².